The fraction of sp³-hybridized carbons (Fsp3) is 0.316. The Kier molecular flexibility index (Phi) is 6.49. The van der Waals surface area contributed by atoms with Crippen LogP contribution in [0.5, 0.6) is 0 Å². The van der Waals surface area contributed by atoms with Crippen LogP contribution in [0, 0.1) is 0 Å². The summed E-state index contributed by atoms with van der Waals surface area (Å²) < 4.78 is 7.20. The normalized spacial score (nSPS) is 12.8. The number of nitrogens with zero attached hydrogens (tertiary/aromatic N) is 4. The zero-order chi connectivity index (χ0) is 19.1. The minimum atomic E-state index is 0.00721. The zero-order valence-electron chi connectivity index (χ0n) is 15.4. The highest BCUT2D eigenvalue weighted by Gasteiger charge is 2.15. The lowest BCUT2D eigenvalue weighted by molar-refractivity contribution is 0.374. The second kappa shape index (κ2) is 9.23. The number of rotatable bonds is 7. The van der Waals surface area contributed by atoms with Crippen molar-refractivity contribution in [2.45, 2.75) is 25.9 Å². The molecule has 0 spiro atoms. The van der Waals surface area contributed by atoms with Crippen LogP contribution < -0.4 is 10.6 Å². The maximum absolute atomic E-state index is 6.02. The summed E-state index contributed by atoms with van der Waals surface area (Å²) in [6.07, 6.45) is 4.56. The van der Waals surface area contributed by atoms with Crippen LogP contribution in [0.1, 0.15) is 30.0 Å². The highest BCUT2D eigenvalue weighted by molar-refractivity contribution is 6.30. The number of guanidine groups is 1. The third kappa shape index (κ3) is 5.10. The second-order valence-corrected chi connectivity index (χ2v) is 6.43. The molecule has 8 heteroatoms. The molecule has 1 unspecified atom stereocenters. The number of aromatic nitrogens is 3. The first-order valence-electron chi connectivity index (χ1n) is 8.83. The summed E-state index contributed by atoms with van der Waals surface area (Å²) in [5.74, 6) is 1.45. The Balaban J connectivity index is 1.63. The number of nitrogens with one attached hydrogen (secondary N) is 2. The van der Waals surface area contributed by atoms with Crippen LogP contribution in [-0.2, 0) is 13.0 Å². The number of aliphatic imine (C=N–C) groups is 1. The molecule has 0 saturated carbocycles. The molecule has 2 aromatic heterocycles. The molecule has 0 fully saturated rings. The highest BCUT2D eigenvalue weighted by atomic mass is 35.5. The van der Waals surface area contributed by atoms with Gasteiger partial charge in [0.05, 0.1) is 18.3 Å². The SMILES string of the molecule is CCc1cc(CNC(=NC)NCC(c2ccc(Cl)cc2)n2cccn2)on1. The number of aryl methyl sites for hydroxylation is 1. The zero-order valence-corrected chi connectivity index (χ0v) is 16.1. The predicted octanol–water partition coefficient (Wildman–Crippen LogP) is 3.04. The van der Waals surface area contributed by atoms with Crippen molar-refractivity contribution in [3.8, 4) is 0 Å². The molecule has 0 radical (unpaired) electrons. The van der Waals surface area contributed by atoms with Gasteiger partial charge in [0.25, 0.3) is 0 Å². The van der Waals surface area contributed by atoms with Gasteiger partial charge in [-0.3, -0.25) is 9.67 Å². The van der Waals surface area contributed by atoms with Crippen LogP contribution in [0.2, 0.25) is 5.02 Å². The van der Waals surface area contributed by atoms with Crippen molar-refractivity contribution in [1.82, 2.24) is 25.6 Å². The number of hydrogen-bond donors (Lipinski definition) is 2. The number of hydrogen-bond acceptors (Lipinski definition) is 4. The summed E-state index contributed by atoms with van der Waals surface area (Å²) in [6.45, 7) is 3.17. The second-order valence-electron chi connectivity index (χ2n) is 6.00. The smallest absolute Gasteiger partial charge is 0.191 e. The highest BCUT2D eigenvalue weighted by Crippen LogP contribution is 2.19. The van der Waals surface area contributed by atoms with Crippen LogP contribution in [0.4, 0.5) is 0 Å². The maximum atomic E-state index is 6.02. The molecule has 1 atom stereocenters. The summed E-state index contributed by atoms with van der Waals surface area (Å²) in [5, 5.41) is 15.7. The van der Waals surface area contributed by atoms with Gasteiger partial charge in [0.1, 0.15) is 0 Å². The van der Waals surface area contributed by atoms with Crippen molar-refractivity contribution in [2.24, 2.45) is 4.99 Å². The molecule has 2 heterocycles. The molecule has 3 rings (SSSR count). The standard InChI is InChI=1S/C19H23ClN6O/c1-3-16-11-17(27-25-16)12-22-19(21-2)23-13-18(26-10-4-9-24-26)14-5-7-15(20)8-6-14/h4-11,18H,3,12-13H2,1-2H3,(H2,21,22,23). The summed E-state index contributed by atoms with van der Waals surface area (Å²) in [7, 11) is 1.73. The Morgan fingerprint density at radius 3 is 2.74 bits per heavy atom. The molecule has 0 aliphatic carbocycles. The molecule has 2 N–H and O–H groups in total. The van der Waals surface area contributed by atoms with Crippen LogP contribution in [0.3, 0.4) is 0 Å². The molecule has 142 valence electrons. The predicted molar refractivity (Wildman–Crippen MR) is 106 cm³/mol. The monoisotopic (exact) mass is 386 g/mol. The van der Waals surface area contributed by atoms with E-state index >= 15 is 0 Å². The van der Waals surface area contributed by atoms with E-state index in [-0.39, 0.29) is 6.04 Å². The van der Waals surface area contributed by atoms with E-state index in [1.165, 1.54) is 0 Å². The molecule has 1 aromatic carbocycles. The first-order valence-corrected chi connectivity index (χ1v) is 9.21. The van der Waals surface area contributed by atoms with Crippen molar-refractivity contribution in [3.05, 3.63) is 70.8 Å². The molecule has 0 aliphatic heterocycles. The minimum Gasteiger partial charge on any atom is -0.359 e. The van der Waals surface area contributed by atoms with Crippen LogP contribution in [0.15, 0.2) is 58.3 Å². The average molecular weight is 387 g/mol. The molecule has 0 amide bonds. The van der Waals surface area contributed by atoms with Crippen LogP contribution >= 0.6 is 11.6 Å². The Labute approximate surface area is 163 Å². The van der Waals surface area contributed by atoms with E-state index in [1.54, 1.807) is 13.2 Å². The average Bonchev–Trinajstić information content (AvgIpc) is 3.37. The summed E-state index contributed by atoms with van der Waals surface area (Å²) >= 11 is 6.02. The summed E-state index contributed by atoms with van der Waals surface area (Å²) in [6, 6.07) is 11.6. The van der Waals surface area contributed by atoms with Crippen molar-refractivity contribution in [1.29, 1.82) is 0 Å². The molecule has 0 saturated heterocycles. The minimum absolute atomic E-state index is 0.00721. The van der Waals surface area contributed by atoms with Gasteiger partial charge in [-0.2, -0.15) is 5.10 Å². The van der Waals surface area contributed by atoms with Gasteiger partial charge < -0.3 is 15.2 Å². The quantitative estimate of drug-likeness (QED) is 0.482. The van der Waals surface area contributed by atoms with Gasteiger partial charge >= 0.3 is 0 Å². The molecule has 27 heavy (non-hydrogen) atoms. The van der Waals surface area contributed by atoms with Crippen molar-refractivity contribution in [2.75, 3.05) is 13.6 Å². The lowest BCUT2D eigenvalue weighted by atomic mass is 10.1. The van der Waals surface area contributed by atoms with Gasteiger partial charge in [0.15, 0.2) is 11.7 Å². The Morgan fingerprint density at radius 2 is 2.11 bits per heavy atom. The van der Waals surface area contributed by atoms with Crippen molar-refractivity contribution in [3.63, 3.8) is 0 Å². The van der Waals surface area contributed by atoms with Gasteiger partial charge in [-0.15, -0.1) is 0 Å². The lowest BCUT2D eigenvalue weighted by Gasteiger charge is -2.20. The molecule has 7 nitrogen and oxygen atoms in total. The largest absolute Gasteiger partial charge is 0.359 e. The fourth-order valence-corrected chi connectivity index (χ4v) is 2.83. The van der Waals surface area contributed by atoms with Gasteiger partial charge in [-0.1, -0.05) is 35.8 Å². The Morgan fingerprint density at radius 1 is 1.30 bits per heavy atom. The van der Waals surface area contributed by atoms with Crippen LogP contribution in [0.25, 0.3) is 0 Å². The van der Waals surface area contributed by atoms with Gasteiger partial charge in [0.2, 0.25) is 0 Å². The Hall–Kier alpha value is -2.80. The molecule has 3 aromatic rings. The maximum Gasteiger partial charge on any atom is 0.191 e. The van der Waals surface area contributed by atoms with E-state index in [4.69, 9.17) is 16.1 Å². The van der Waals surface area contributed by atoms with E-state index in [1.807, 2.05) is 54.2 Å². The molecule has 0 aliphatic rings. The van der Waals surface area contributed by atoms with E-state index < -0.39 is 0 Å². The van der Waals surface area contributed by atoms with E-state index in [9.17, 15) is 0 Å². The summed E-state index contributed by atoms with van der Waals surface area (Å²) in [4.78, 5) is 4.27. The van der Waals surface area contributed by atoms with Gasteiger partial charge in [-0.25, -0.2) is 0 Å². The third-order valence-electron chi connectivity index (χ3n) is 4.19. The van der Waals surface area contributed by atoms with Gasteiger partial charge in [0, 0.05) is 37.1 Å². The van der Waals surface area contributed by atoms with Crippen molar-refractivity contribution < 1.29 is 4.52 Å². The number of halogens is 1. The van der Waals surface area contributed by atoms with Crippen LogP contribution in [-0.4, -0.2) is 34.5 Å². The molecule has 0 bridgehead atoms. The van der Waals surface area contributed by atoms with Gasteiger partial charge in [-0.05, 0) is 30.2 Å². The molecular formula is C19H23ClN6O. The first kappa shape index (κ1) is 19.0. The van der Waals surface area contributed by atoms with E-state index in [2.05, 4.69) is 25.9 Å². The third-order valence-corrected chi connectivity index (χ3v) is 4.44. The Bertz CT molecular complexity index is 857. The fourth-order valence-electron chi connectivity index (χ4n) is 2.70. The summed E-state index contributed by atoms with van der Waals surface area (Å²) in [5.41, 5.74) is 2.05. The lowest BCUT2D eigenvalue weighted by Crippen LogP contribution is -2.40. The molecular weight excluding hydrogens is 364 g/mol. The van der Waals surface area contributed by atoms with Crippen molar-refractivity contribution >= 4 is 17.6 Å². The van der Waals surface area contributed by atoms with E-state index in [0.717, 1.165) is 23.4 Å². The topological polar surface area (TPSA) is 80.3 Å². The first-order chi connectivity index (χ1) is 13.2. The van der Waals surface area contributed by atoms with E-state index in [0.29, 0.717) is 24.1 Å². The number of benzene rings is 1.